The quantitative estimate of drug-likeness (QED) is 0.493. The molecule has 6 nitrogen and oxygen atoms in total. The Balaban J connectivity index is 2.07. The minimum atomic E-state index is -4.52. The molecule has 21 heavy (non-hydrogen) atoms. The van der Waals surface area contributed by atoms with E-state index in [4.69, 9.17) is 0 Å². The van der Waals surface area contributed by atoms with E-state index in [2.05, 4.69) is 15.6 Å². The maximum Gasteiger partial charge on any atom is 0.417 e. The first-order valence-electron chi connectivity index (χ1n) is 5.72. The summed E-state index contributed by atoms with van der Waals surface area (Å²) in [7, 11) is 0. The predicted octanol–water partition coefficient (Wildman–Crippen LogP) is 0.887. The molecule has 1 aliphatic rings. The monoisotopic (exact) mass is 298 g/mol. The van der Waals surface area contributed by atoms with Crippen LogP contribution in [-0.4, -0.2) is 24.2 Å². The number of rotatable bonds is 3. The summed E-state index contributed by atoms with van der Waals surface area (Å²) in [5, 5.41) is 6.82. The van der Waals surface area contributed by atoms with E-state index in [-0.39, 0.29) is 5.56 Å². The van der Waals surface area contributed by atoms with Crippen LogP contribution >= 0.6 is 0 Å². The molecule has 0 fully saturated rings. The number of hydrogen-bond acceptors (Lipinski definition) is 4. The third kappa shape index (κ3) is 3.44. The molecule has 2 amide bonds. The summed E-state index contributed by atoms with van der Waals surface area (Å²) < 4.78 is 38.1. The Morgan fingerprint density at radius 3 is 2.71 bits per heavy atom. The number of nitrogens with zero attached hydrogens (tertiary/aromatic N) is 2. The Bertz CT molecular complexity index is 625. The topological polar surface area (TPSA) is 82.9 Å². The van der Waals surface area contributed by atoms with Crippen molar-refractivity contribution in [1.29, 1.82) is 0 Å². The predicted molar refractivity (Wildman–Crippen MR) is 67.3 cm³/mol. The molecular formula is C12H9F3N4O2. The maximum absolute atomic E-state index is 12.7. The molecule has 1 atom stereocenters. The standard InChI is InChI=1S/C12H9F3N4O2/c13-12(14,15)9-4-2-1-3-7(9)5-16-18-10(20)8-6-17-19-11(8)21/h1-6,8H,(H,18,20)(H,19,21). The fourth-order valence-corrected chi connectivity index (χ4v) is 1.60. The lowest BCUT2D eigenvalue weighted by molar-refractivity contribution is -0.137. The molecule has 2 N–H and O–H groups in total. The molecule has 1 aromatic rings. The molecule has 9 heteroatoms. The van der Waals surface area contributed by atoms with Crippen molar-refractivity contribution in [3.63, 3.8) is 0 Å². The highest BCUT2D eigenvalue weighted by Gasteiger charge is 2.32. The Hall–Kier alpha value is -2.71. The lowest BCUT2D eigenvalue weighted by atomic mass is 10.1. The smallest absolute Gasteiger partial charge is 0.272 e. The highest BCUT2D eigenvalue weighted by Crippen LogP contribution is 2.30. The minimum Gasteiger partial charge on any atom is -0.272 e. The fraction of sp³-hybridized carbons (Fsp3) is 0.167. The van der Waals surface area contributed by atoms with Gasteiger partial charge in [-0.2, -0.15) is 23.4 Å². The first-order valence-corrected chi connectivity index (χ1v) is 5.72. The average molecular weight is 298 g/mol. The first kappa shape index (κ1) is 14.7. The largest absolute Gasteiger partial charge is 0.417 e. The van der Waals surface area contributed by atoms with E-state index in [0.29, 0.717) is 0 Å². The van der Waals surface area contributed by atoms with Crippen molar-refractivity contribution in [2.45, 2.75) is 6.18 Å². The van der Waals surface area contributed by atoms with Crippen molar-refractivity contribution in [1.82, 2.24) is 10.9 Å². The highest BCUT2D eigenvalue weighted by molar-refractivity contribution is 6.15. The lowest BCUT2D eigenvalue weighted by Gasteiger charge is -2.09. The van der Waals surface area contributed by atoms with Gasteiger partial charge in [-0.3, -0.25) is 9.59 Å². The first-order chi connectivity index (χ1) is 9.89. The number of alkyl halides is 3. The highest BCUT2D eigenvalue weighted by atomic mass is 19.4. The number of hydrogen-bond donors (Lipinski definition) is 2. The minimum absolute atomic E-state index is 0.199. The van der Waals surface area contributed by atoms with E-state index in [9.17, 15) is 22.8 Å². The van der Waals surface area contributed by atoms with Gasteiger partial charge in [0.1, 0.15) is 0 Å². The molecule has 110 valence electrons. The summed E-state index contributed by atoms with van der Waals surface area (Å²) in [6.07, 6.45) is -2.58. The molecule has 0 radical (unpaired) electrons. The number of carbonyl (C=O) groups is 2. The van der Waals surface area contributed by atoms with Crippen LogP contribution in [0.2, 0.25) is 0 Å². The molecule has 0 spiro atoms. The second-order valence-electron chi connectivity index (χ2n) is 4.05. The Morgan fingerprint density at radius 1 is 1.38 bits per heavy atom. The van der Waals surface area contributed by atoms with Gasteiger partial charge < -0.3 is 0 Å². The van der Waals surface area contributed by atoms with Gasteiger partial charge in [-0.1, -0.05) is 18.2 Å². The molecule has 0 bridgehead atoms. The fourth-order valence-electron chi connectivity index (χ4n) is 1.60. The van der Waals surface area contributed by atoms with Gasteiger partial charge in [0, 0.05) is 11.8 Å². The normalized spacial score (nSPS) is 18.0. The number of halogens is 3. The van der Waals surface area contributed by atoms with Crippen LogP contribution in [0, 0.1) is 5.92 Å². The van der Waals surface area contributed by atoms with E-state index in [1.54, 1.807) is 0 Å². The van der Waals surface area contributed by atoms with E-state index >= 15 is 0 Å². The molecule has 1 unspecified atom stereocenters. The van der Waals surface area contributed by atoms with Crippen LogP contribution in [0.25, 0.3) is 0 Å². The molecular weight excluding hydrogens is 289 g/mol. The van der Waals surface area contributed by atoms with Crippen molar-refractivity contribution >= 4 is 24.2 Å². The van der Waals surface area contributed by atoms with Crippen LogP contribution < -0.4 is 10.9 Å². The number of benzene rings is 1. The molecule has 2 rings (SSSR count). The molecule has 1 heterocycles. The zero-order chi connectivity index (χ0) is 15.5. The summed E-state index contributed by atoms with van der Waals surface area (Å²) in [6, 6.07) is 4.77. The van der Waals surface area contributed by atoms with E-state index in [1.165, 1.54) is 18.2 Å². The molecule has 0 saturated carbocycles. The number of hydrazone groups is 2. The molecule has 1 aromatic carbocycles. The van der Waals surface area contributed by atoms with Gasteiger partial charge in [-0.15, -0.1) is 0 Å². The number of nitrogens with one attached hydrogen (secondary N) is 2. The SMILES string of the molecule is O=C(NN=Cc1ccccc1C(F)(F)F)C1C=NNC1=O. The second-order valence-corrected chi connectivity index (χ2v) is 4.05. The average Bonchev–Trinajstić information content (AvgIpc) is 2.84. The zero-order valence-corrected chi connectivity index (χ0v) is 10.4. The van der Waals surface area contributed by atoms with Gasteiger partial charge in [0.15, 0.2) is 5.92 Å². The van der Waals surface area contributed by atoms with Crippen LogP contribution in [-0.2, 0) is 15.8 Å². The summed E-state index contributed by atoms with van der Waals surface area (Å²) >= 11 is 0. The van der Waals surface area contributed by atoms with Crippen molar-refractivity contribution in [2.24, 2.45) is 16.1 Å². The van der Waals surface area contributed by atoms with E-state index in [1.807, 2.05) is 5.43 Å². The summed E-state index contributed by atoms with van der Waals surface area (Å²) in [5.74, 6) is -2.55. The summed E-state index contributed by atoms with van der Waals surface area (Å²) in [6.45, 7) is 0. The molecule has 1 aliphatic heterocycles. The third-order valence-corrected chi connectivity index (χ3v) is 2.61. The summed E-state index contributed by atoms with van der Waals surface area (Å²) in [5.41, 5.74) is 2.98. The Labute approximate surface area is 116 Å². The maximum atomic E-state index is 12.7. The Morgan fingerprint density at radius 2 is 2.10 bits per heavy atom. The van der Waals surface area contributed by atoms with Crippen LogP contribution in [0.4, 0.5) is 13.2 Å². The van der Waals surface area contributed by atoms with E-state index in [0.717, 1.165) is 18.5 Å². The van der Waals surface area contributed by atoms with Gasteiger partial charge in [0.05, 0.1) is 11.8 Å². The van der Waals surface area contributed by atoms with E-state index < -0.39 is 29.5 Å². The zero-order valence-electron chi connectivity index (χ0n) is 10.4. The van der Waals surface area contributed by atoms with Crippen LogP contribution in [0.5, 0.6) is 0 Å². The van der Waals surface area contributed by atoms with Gasteiger partial charge in [-0.05, 0) is 6.07 Å². The molecule has 0 aliphatic carbocycles. The van der Waals surface area contributed by atoms with Crippen LogP contribution in [0.1, 0.15) is 11.1 Å². The second kappa shape index (κ2) is 5.73. The van der Waals surface area contributed by atoms with Gasteiger partial charge >= 0.3 is 6.18 Å². The molecule has 0 aromatic heterocycles. The number of amides is 2. The van der Waals surface area contributed by atoms with Gasteiger partial charge in [0.2, 0.25) is 0 Å². The van der Waals surface area contributed by atoms with Crippen molar-refractivity contribution in [3.05, 3.63) is 35.4 Å². The summed E-state index contributed by atoms with van der Waals surface area (Å²) in [4.78, 5) is 22.7. The van der Waals surface area contributed by atoms with Gasteiger partial charge in [0.25, 0.3) is 11.8 Å². The van der Waals surface area contributed by atoms with Crippen LogP contribution in [0.3, 0.4) is 0 Å². The van der Waals surface area contributed by atoms with Crippen molar-refractivity contribution in [3.8, 4) is 0 Å². The van der Waals surface area contributed by atoms with Crippen molar-refractivity contribution in [2.75, 3.05) is 0 Å². The van der Waals surface area contributed by atoms with Gasteiger partial charge in [-0.25, -0.2) is 10.9 Å². The number of carbonyl (C=O) groups excluding carboxylic acids is 2. The third-order valence-electron chi connectivity index (χ3n) is 2.61. The lowest BCUT2D eigenvalue weighted by Crippen LogP contribution is -2.34. The Kier molecular flexibility index (Phi) is 4.01. The van der Waals surface area contributed by atoms with Crippen molar-refractivity contribution < 1.29 is 22.8 Å². The van der Waals surface area contributed by atoms with Crippen LogP contribution in [0.15, 0.2) is 34.5 Å². The molecule has 0 saturated heterocycles.